The first-order valence-electron chi connectivity index (χ1n) is 6.40. The van der Waals surface area contributed by atoms with Crippen LogP contribution in [0.3, 0.4) is 0 Å². The molecular weight excluding hydrogens is 244 g/mol. The lowest BCUT2D eigenvalue weighted by atomic mass is 10.2. The summed E-state index contributed by atoms with van der Waals surface area (Å²) in [6.07, 6.45) is 1.01. The van der Waals surface area contributed by atoms with Crippen molar-refractivity contribution < 1.29 is 14.3 Å². The normalized spacial score (nSPS) is 18.8. The second-order valence-electron chi connectivity index (χ2n) is 4.51. The van der Waals surface area contributed by atoms with E-state index < -0.39 is 6.04 Å². The number of nitrogens with zero attached hydrogens (tertiary/aromatic N) is 1. The van der Waals surface area contributed by atoms with E-state index in [2.05, 4.69) is 5.32 Å². The fourth-order valence-corrected chi connectivity index (χ4v) is 2.14. The van der Waals surface area contributed by atoms with Crippen LogP contribution >= 0.6 is 0 Å². The molecule has 0 spiro atoms. The molecule has 1 fully saturated rings. The summed E-state index contributed by atoms with van der Waals surface area (Å²) in [7, 11) is 1.60. The van der Waals surface area contributed by atoms with Crippen LogP contribution < -0.4 is 10.1 Å². The summed E-state index contributed by atoms with van der Waals surface area (Å²) in [6, 6.07) is 6.84. The second kappa shape index (κ2) is 5.73. The molecular formula is C14H18N2O3. The van der Waals surface area contributed by atoms with Crippen molar-refractivity contribution in [1.82, 2.24) is 4.90 Å². The van der Waals surface area contributed by atoms with Gasteiger partial charge in [0.05, 0.1) is 13.5 Å². The molecule has 0 saturated carbocycles. The lowest BCUT2D eigenvalue weighted by molar-refractivity contribution is -0.138. The summed E-state index contributed by atoms with van der Waals surface area (Å²) in [5.41, 5.74) is 0.810. The van der Waals surface area contributed by atoms with Gasteiger partial charge in [0.15, 0.2) is 0 Å². The monoisotopic (exact) mass is 262 g/mol. The number of hydrogen-bond donors (Lipinski definition) is 1. The van der Waals surface area contributed by atoms with Crippen LogP contribution in [0.4, 0.5) is 5.69 Å². The third kappa shape index (κ3) is 2.86. The molecule has 1 heterocycles. The fourth-order valence-electron chi connectivity index (χ4n) is 2.14. The zero-order valence-electron chi connectivity index (χ0n) is 11.2. The molecule has 1 aliphatic heterocycles. The van der Waals surface area contributed by atoms with Gasteiger partial charge < -0.3 is 10.1 Å². The predicted octanol–water partition coefficient (Wildman–Crippen LogP) is 1.64. The Bertz CT molecular complexity index is 470. The van der Waals surface area contributed by atoms with E-state index in [1.54, 1.807) is 7.11 Å². The van der Waals surface area contributed by atoms with Gasteiger partial charge in [-0.2, -0.15) is 0 Å². The highest BCUT2D eigenvalue weighted by atomic mass is 16.5. The lowest BCUT2D eigenvalue weighted by Crippen LogP contribution is -2.35. The maximum absolute atomic E-state index is 12.1. The van der Waals surface area contributed by atoms with E-state index in [9.17, 15) is 9.59 Å². The number of anilines is 1. The number of benzene rings is 1. The Hall–Kier alpha value is -2.04. The van der Waals surface area contributed by atoms with Gasteiger partial charge in [-0.1, -0.05) is 6.92 Å². The molecule has 2 rings (SSSR count). The van der Waals surface area contributed by atoms with E-state index in [0.29, 0.717) is 6.54 Å². The number of hydrogen-bond acceptors (Lipinski definition) is 4. The van der Waals surface area contributed by atoms with Crippen molar-refractivity contribution in [2.45, 2.75) is 25.8 Å². The van der Waals surface area contributed by atoms with E-state index in [0.717, 1.165) is 17.9 Å². The number of carbonyl (C=O) groups is 2. The van der Waals surface area contributed by atoms with E-state index in [-0.39, 0.29) is 18.2 Å². The van der Waals surface area contributed by atoms with Gasteiger partial charge in [0, 0.05) is 12.2 Å². The van der Waals surface area contributed by atoms with E-state index >= 15 is 0 Å². The molecule has 5 nitrogen and oxygen atoms in total. The third-order valence-corrected chi connectivity index (χ3v) is 3.12. The second-order valence-corrected chi connectivity index (χ2v) is 4.51. The van der Waals surface area contributed by atoms with Crippen LogP contribution in [0.1, 0.15) is 19.8 Å². The van der Waals surface area contributed by atoms with Gasteiger partial charge in [-0.25, -0.2) is 0 Å². The average Bonchev–Trinajstić information content (AvgIpc) is 2.68. The lowest BCUT2D eigenvalue weighted by Gasteiger charge is -2.15. The van der Waals surface area contributed by atoms with Gasteiger partial charge in [0.25, 0.3) is 5.91 Å². The highest BCUT2D eigenvalue weighted by Gasteiger charge is 2.37. The minimum absolute atomic E-state index is 0.0992. The highest BCUT2D eigenvalue weighted by molar-refractivity contribution is 6.06. The Morgan fingerprint density at radius 3 is 2.58 bits per heavy atom. The van der Waals surface area contributed by atoms with E-state index in [1.807, 2.05) is 31.2 Å². The Balaban J connectivity index is 2.03. The molecule has 102 valence electrons. The topological polar surface area (TPSA) is 58.6 Å². The molecule has 1 aromatic rings. The van der Waals surface area contributed by atoms with Crippen molar-refractivity contribution >= 4 is 17.5 Å². The molecule has 1 aliphatic rings. The quantitative estimate of drug-likeness (QED) is 0.820. The SMILES string of the molecule is CCCN1C(=O)CC(Nc2ccc(OC)cc2)C1=O. The third-order valence-electron chi connectivity index (χ3n) is 3.12. The summed E-state index contributed by atoms with van der Waals surface area (Å²) < 4.78 is 5.07. The first kappa shape index (κ1) is 13.4. The number of rotatable bonds is 5. The molecule has 0 aliphatic carbocycles. The minimum Gasteiger partial charge on any atom is -0.497 e. The van der Waals surface area contributed by atoms with Crippen LogP contribution in [0.5, 0.6) is 5.75 Å². The van der Waals surface area contributed by atoms with Gasteiger partial charge in [0.1, 0.15) is 11.8 Å². The Labute approximate surface area is 112 Å². The van der Waals surface area contributed by atoms with Crippen molar-refractivity contribution in [3.05, 3.63) is 24.3 Å². The molecule has 19 heavy (non-hydrogen) atoms. The number of likely N-dealkylation sites (tertiary alicyclic amines) is 1. The largest absolute Gasteiger partial charge is 0.497 e. The van der Waals surface area contributed by atoms with Crippen LogP contribution in [-0.4, -0.2) is 36.4 Å². The predicted molar refractivity (Wildman–Crippen MR) is 72.0 cm³/mol. The minimum atomic E-state index is -0.451. The molecule has 0 bridgehead atoms. The Morgan fingerprint density at radius 1 is 1.32 bits per heavy atom. The number of methoxy groups -OCH3 is 1. The summed E-state index contributed by atoms with van der Waals surface area (Å²) in [4.78, 5) is 25.1. The molecule has 1 aromatic carbocycles. The summed E-state index contributed by atoms with van der Waals surface area (Å²) in [6.45, 7) is 2.45. The first-order valence-corrected chi connectivity index (χ1v) is 6.40. The zero-order chi connectivity index (χ0) is 13.8. The highest BCUT2D eigenvalue weighted by Crippen LogP contribution is 2.20. The molecule has 1 N–H and O–H groups in total. The first-order chi connectivity index (χ1) is 9.15. The van der Waals surface area contributed by atoms with E-state index in [1.165, 1.54) is 4.90 Å². The molecule has 1 saturated heterocycles. The van der Waals surface area contributed by atoms with Gasteiger partial charge in [-0.3, -0.25) is 14.5 Å². The van der Waals surface area contributed by atoms with Crippen LogP contribution in [0.15, 0.2) is 24.3 Å². The van der Waals surface area contributed by atoms with Gasteiger partial charge in [-0.15, -0.1) is 0 Å². The van der Waals surface area contributed by atoms with Crippen LogP contribution in [0, 0.1) is 0 Å². The van der Waals surface area contributed by atoms with Crippen LogP contribution in [0.2, 0.25) is 0 Å². The average molecular weight is 262 g/mol. The molecule has 2 amide bonds. The maximum atomic E-state index is 12.1. The zero-order valence-corrected chi connectivity index (χ0v) is 11.2. The Kier molecular flexibility index (Phi) is 4.04. The van der Waals surface area contributed by atoms with Crippen LogP contribution in [0.25, 0.3) is 0 Å². The van der Waals surface area contributed by atoms with Gasteiger partial charge in [-0.05, 0) is 30.7 Å². The van der Waals surface area contributed by atoms with E-state index in [4.69, 9.17) is 4.74 Å². The molecule has 1 unspecified atom stereocenters. The fraction of sp³-hybridized carbons (Fsp3) is 0.429. The molecule has 5 heteroatoms. The summed E-state index contributed by atoms with van der Waals surface area (Å²) in [5, 5.41) is 3.09. The maximum Gasteiger partial charge on any atom is 0.252 e. The standard InChI is InChI=1S/C14H18N2O3/c1-3-8-16-13(17)9-12(14(16)18)15-10-4-6-11(19-2)7-5-10/h4-7,12,15H,3,8-9H2,1-2H3. The molecule has 0 aromatic heterocycles. The van der Waals surface area contributed by atoms with Crippen molar-refractivity contribution in [2.24, 2.45) is 0 Å². The summed E-state index contributed by atoms with van der Waals surface area (Å²) in [5.74, 6) is 0.521. The van der Waals surface area contributed by atoms with Crippen molar-refractivity contribution in [3.8, 4) is 5.75 Å². The number of ether oxygens (including phenoxy) is 1. The number of amides is 2. The number of imide groups is 1. The van der Waals surface area contributed by atoms with Crippen molar-refractivity contribution in [1.29, 1.82) is 0 Å². The Morgan fingerprint density at radius 2 is 2.00 bits per heavy atom. The van der Waals surface area contributed by atoms with Gasteiger partial charge >= 0.3 is 0 Å². The van der Waals surface area contributed by atoms with Gasteiger partial charge in [0.2, 0.25) is 5.91 Å². The summed E-state index contributed by atoms with van der Waals surface area (Å²) >= 11 is 0. The van der Waals surface area contributed by atoms with Crippen molar-refractivity contribution in [3.63, 3.8) is 0 Å². The molecule has 1 atom stereocenters. The van der Waals surface area contributed by atoms with Crippen molar-refractivity contribution in [2.75, 3.05) is 19.0 Å². The van der Waals surface area contributed by atoms with Crippen LogP contribution in [-0.2, 0) is 9.59 Å². The molecule has 0 radical (unpaired) electrons. The smallest absolute Gasteiger partial charge is 0.252 e. The number of nitrogens with one attached hydrogen (secondary N) is 1. The number of carbonyl (C=O) groups excluding carboxylic acids is 2.